The molecule has 0 aliphatic rings. The Morgan fingerprint density at radius 1 is 0.389 bits per heavy atom. The summed E-state index contributed by atoms with van der Waals surface area (Å²) in [6.45, 7) is 2.14. The maximum Gasteiger partial charge on any atom is 0.0540 e. The molecule has 7 aromatic carbocycles. The second kappa shape index (κ2) is 8.25. The first-order valence-corrected chi connectivity index (χ1v) is 12.5. The number of hydrogen-bond donors (Lipinski definition) is 0. The summed E-state index contributed by atoms with van der Waals surface area (Å²) in [4.78, 5) is 2.39. The molecule has 0 N–H and O–H groups in total. The molecule has 0 aliphatic carbocycles. The van der Waals surface area contributed by atoms with E-state index in [9.17, 15) is 0 Å². The lowest BCUT2D eigenvalue weighted by Gasteiger charge is -2.27. The van der Waals surface area contributed by atoms with Crippen molar-refractivity contribution >= 4 is 60.2 Å². The van der Waals surface area contributed by atoms with E-state index in [-0.39, 0.29) is 0 Å². The molecule has 0 fully saturated rings. The molecular formula is C35H25N. The highest BCUT2D eigenvalue weighted by Crippen LogP contribution is 2.41. The van der Waals surface area contributed by atoms with Crippen LogP contribution in [0.3, 0.4) is 0 Å². The fourth-order valence-electron chi connectivity index (χ4n) is 5.48. The van der Waals surface area contributed by atoms with Crippen molar-refractivity contribution in [2.24, 2.45) is 0 Å². The number of hydrogen-bond acceptors (Lipinski definition) is 1. The van der Waals surface area contributed by atoms with Crippen LogP contribution in [0.5, 0.6) is 0 Å². The van der Waals surface area contributed by atoms with E-state index < -0.39 is 0 Å². The number of rotatable bonds is 3. The number of anilines is 3. The summed E-state index contributed by atoms with van der Waals surface area (Å²) < 4.78 is 0. The van der Waals surface area contributed by atoms with Gasteiger partial charge in [-0.25, -0.2) is 0 Å². The van der Waals surface area contributed by atoms with Gasteiger partial charge in [0.25, 0.3) is 0 Å². The van der Waals surface area contributed by atoms with E-state index in [2.05, 4.69) is 145 Å². The second-order valence-corrected chi connectivity index (χ2v) is 9.52. The number of fused-ring (bicyclic) bond motifs is 6. The summed E-state index contributed by atoms with van der Waals surface area (Å²) in [5.74, 6) is 0. The zero-order valence-electron chi connectivity index (χ0n) is 20.1. The molecule has 170 valence electrons. The average Bonchev–Trinajstić information content (AvgIpc) is 2.94. The Bertz CT molecular complexity index is 1900. The first-order valence-electron chi connectivity index (χ1n) is 12.5. The second-order valence-electron chi connectivity index (χ2n) is 9.52. The van der Waals surface area contributed by atoms with Gasteiger partial charge >= 0.3 is 0 Å². The Hall–Kier alpha value is -4.62. The van der Waals surface area contributed by atoms with Crippen LogP contribution in [0.15, 0.2) is 133 Å². The van der Waals surface area contributed by atoms with Crippen molar-refractivity contribution in [2.45, 2.75) is 6.92 Å². The van der Waals surface area contributed by atoms with Crippen LogP contribution in [0.2, 0.25) is 0 Å². The largest absolute Gasteiger partial charge is 0.310 e. The SMILES string of the molecule is Cc1ccc(N(c2ccc3c(ccc4ccccc43)c2)c2cccc3c2ccc2ccccc23)cc1. The molecule has 0 atom stereocenters. The highest BCUT2D eigenvalue weighted by atomic mass is 15.1. The standard InChI is InChI=1S/C35H25N/c1-24-13-18-28(19-14-24)36(29-20-22-32-27(23-29)16-15-25-7-2-4-9-30(25)32)35-12-6-11-33-31-10-5-3-8-26(31)17-21-34(33)35/h2-23H,1H3. The average molecular weight is 460 g/mol. The predicted octanol–water partition coefficient (Wildman–Crippen LogP) is 10.1. The van der Waals surface area contributed by atoms with Gasteiger partial charge in [0.1, 0.15) is 0 Å². The van der Waals surface area contributed by atoms with Crippen LogP contribution in [-0.2, 0) is 0 Å². The molecule has 0 saturated heterocycles. The molecule has 0 bridgehead atoms. The summed E-state index contributed by atoms with van der Waals surface area (Å²) >= 11 is 0. The van der Waals surface area contributed by atoms with Crippen molar-refractivity contribution in [2.75, 3.05) is 4.90 Å². The minimum atomic E-state index is 1.15. The summed E-state index contributed by atoms with van der Waals surface area (Å²) in [6, 6.07) is 48.6. The van der Waals surface area contributed by atoms with E-state index in [4.69, 9.17) is 0 Å². The van der Waals surface area contributed by atoms with Crippen molar-refractivity contribution in [1.29, 1.82) is 0 Å². The van der Waals surface area contributed by atoms with Gasteiger partial charge in [0.15, 0.2) is 0 Å². The van der Waals surface area contributed by atoms with Crippen molar-refractivity contribution in [3.8, 4) is 0 Å². The molecule has 7 rings (SSSR count). The van der Waals surface area contributed by atoms with Gasteiger partial charge in [-0.15, -0.1) is 0 Å². The quantitative estimate of drug-likeness (QED) is 0.238. The molecular weight excluding hydrogens is 434 g/mol. The van der Waals surface area contributed by atoms with E-state index in [0.717, 1.165) is 11.4 Å². The van der Waals surface area contributed by atoms with Gasteiger partial charge in [-0.2, -0.15) is 0 Å². The molecule has 36 heavy (non-hydrogen) atoms. The van der Waals surface area contributed by atoms with Gasteiger partial charge in [-0.05, 0) is 75.0 Å². The Labute approximate surface area is 210 Å². The summed E-state index contributed by atoms with van der Waals surface area (Å²) in [6.07, 6.45) is 0. The predicted molar refractivity (Wildman–Crippen MR) is 156 cm³/mol. The van der Waals surface area contributed by atoms with E-state index in [1.165, 1.54) is 54.3 Å². The van der Waals surface area contributed by atoms with Crippen LogP contribution in [0, 0.1) is 6.92 Å². The third-order valence-corrected chi connectivity index (χ3v) is 7.28. The minimum Gasteiger partial charge on any atom is -0.310 e. The maximum atomic E-state index is 2.39. The topological polar surface area (TPSA) is 3.24 Å². The number of aryl methyl sites for hydroxylation is 1. The number of benzene rings is 7. The lowest BCUT2D eigenvalue weighted by atomic mass is 9.99. The molecule has 0 aliphatic heterocycles. The molecule has 0 unspecified atom stereocenters. The van der Waals surface area contributed by atoms with E-state index in [1.807, 2.05) is 0 Å². The molecule has 0 heterocycles. The first kappa shape index (κ1) is 20.7. The maximum absolute atomic E-state index is 2.39. The first-order chi connectivity index (χ1) is 17.8. The lowest BCUT2D eigenvalue weighted by Crippen LogP contribution is -2.10. The van der Waals surface area contributed by atoms with E-state index in [1.54, 1.807) is 0 Å². The third kappa shape index (κ3) is 3.32. The highest BCUT2D eigenvalue weighted by molar-refractivity contribution is 6.13. The molecule has 0 amide bonds. The van der Waals surface area contributed by atoms with Crippen molar-refractivity contribution in [3.05, 3.63) is 139 Å². The molecule has 7 aromatic rings. The summed E-state index contributed by atoms with van der Waals surface area (Å²) in [5, 5.41) is 10.2. The van der Waals surface area contributed by atoms with Crippen molar-refractivity contribution in [3.63, 3.8) is 0 Å². The van der Waals surface area contributed by atoms with Crippen LogP contribution in [-0.4, -0.2) is 0 Å². The smallest absolute Gasteiger partial charge is 0.0540 e. The van der Waals surface area contributed by atoms with E-state index in [0.29, 0.717) is 0 Å². The van der Waals surface area contributed by atoms with Crippen molar-refractivity contribution in [1.82, 2.24) is 0 Å². The Kier molecular flexibility index (Phi) is 4.75. The Morgan fingerprint density at radius 2 is 0.944 bits per heavy atom. The van der Waals surface area contributed by atoms with Gasteiger partial charge in [-0.1, -0.05) is 109 Å². The van der Waals surface area contributed by atoms with Crippen molar-refractivity contribution < 1.29 is 0 Å². The zero-order chi connectivity index (χ0) is 24.1. The van der Waals surface area contributed by atoms with Gasteiger partial charge < -0.3 is 4.90 Å². The Balaban J connectivity index is 1.50. The highest BCUT2D eigenvalue weighted by Gasteiger charge is 2.17. The number of nitrogens with zero attached hydrogens (tertiary/aromatic N) is 1. The lowest BCUT2D eigenvalue weighted by molar-refractivity contribution is 1.29. The fraction of sp³-hybridized carbons (Fsp3) is 0.0286. The monoisotopic (exact) mass is 459 g/mol. The van der Waals surface area contributed by atoms with Crippen LogP contribution in [0.1, 0.15) is 5.56 Å². The molecule has 0 radical (unpaired) electrons. The van der Waals surface area contributed by atoms with Gasteiger partial charge in [0.05, 0.1) is 5.69 Å². The normalized spacial score (nSPS) is 11.5. The van der Waals surface area contributed by atoms with Gasteiger partial charge in [-0.3, -0.25) is 0 Å². The molecule has 1 heteroatoms. The fourth-order valence-corrected chi connectivity index (χ4v) is 5.48. The Morgan fingerprint density at radius 3 is 1.72 bits per heavy atom. The van der Waals surface area contributed by atoms with Crippen LogP contribution < -0.4 is 4.90 Å². The molecule has 1 nitrogen and oxygen atoms in total. The van der Waals surface area contributed by atoms with E-state index >= 15 is 0 Å². The van der Waals surface area contributed by atoms with Crippen LogP contribution >= 0.6 is 0 Å². The van der Waals surface area contributed by atoms with Gasteiger partial charge in [0, 0.05) is 16.8 Å². The third-order valence-electron chi connectivity index (χ3n) is 7.28. The molecule has 0 spiro atoms. The van der Waals surface area contributed by atoms with Gasteiger partial charge in [0.2, 0.25) is 0 Å². The molecule has 0 aromatic heterocycles. The summed E-state index contributed by atoms with van der Waals surface area (Å²) in [7, 11) is 0. The zero-order valence-corrected chi connectivity index (χ0v) is 20.1. The van der Waals surface area contributed by atoms with Crippen LogP contribution in [0.25, 0.3) is 43.1 Å². The minimum absolute atomic E-state index is 1.15. The summed E-state index contributed by atoms with van der Waals surface area (Å²) in [5.41, 5.74) is 4.75. The van der Waals surface area contributed by atoms with Crippen LogP contribution in [0.4, 0.5) is 17.1 Å². The molecule has 0 saturated carbocycles.